The Morgan fingerprint density at radius 3 is 2.19 bits per heavy atom. The van der Waals surface area contributed by atoms with Gasteiger partial charge in [0.25, 0.3) is 0 Å². The summed E-state index contributed by atoms with van der Waals surface area (Å²) in [5.41, 5.74) is -1.49. The van der Waals surface area contributed by atoms with Gasteiger partial charge in [0.1, 0.15) is 5.60 Å². The second-order valence-electron chi connectivity index (χ2n) is 7.08. The summed E-state index contributed by atoms with van der Waals surface area (Å²) in [5.74, 6) is -0.308. The van der Waals surface area contributed by atoms with Crippen molar-refractivity contribution in [1.82, 2.24) is 5.32 Å². The van der Waals surface area contributed by atoms with E-state index < -0.39 is 23.1 Å². The fourth-order valence-electron chi connectivity index (χ4n) is 2.13. The van der Waals surface area contributed by atoms with Crippen LogP contribution in [0.2, 0.25) is 0 Å². The van der Waals surface area contributed by atoms with Crippen LogP contribution in [0.3, 0.4) is 0 Å². The van der Waals surface area contributed by atoms with Crippen LogP contribution in [0.5, 0.6) is 0 Å². The monoisotopic (exact) mass is 301 g/mol. The first-order valence-corrected chi connectivity index (χ1v) is 7.72. The molecule has 0 fully saturated rings. The second kappa shape index (κ2) is 8.25. The van der Waals surface area contributed by atoms with Crippen LogP contribution in [-0.2, 0) is 9.53 Å². The fourth-order valence-corrected chi connectivity index (χ4v) is 2.13. The van der Waals surface area contributed by atoms with Crippen LogP contribution in [0.25, 0.3) is 0 Å². The number of hydrogen-bond donors (Lipinski definition) is 2. The number of hydrogen-bond acceptors (Lipinski definition) is 3. The molecular weight excluding hydrogens is 270 g/mol. The molecule has 1 unspecified atom stereocenters. The highest BCUT2D eigenvalue weighted by molar-refractivity contribution is 5.76. The van der Waals surface area contributed by atoms with E-state index in [-0.39, 0.29) is 6.54 Å². The number of rotatable bonds is 8. The van der Waals surface area contributed by atoms with E-state index in [0.717, 1.165) is 12.8 Å². The lowest BCUT2D eigenvalue weighted by Gasteiger charge is -2.29. The first-order chi connectivity index (χ1) is 9.52. The predicted octanol–water partition coefficient (Wildman–Crippen LogP) is 3.82. The number of carbonyl (C=O) groups excluding carboxylic acids is 1. The average molecular weight is 301 g/mol. The van der Waals surface area contributed by atoms with Gasteiger partial charge in [-0.05, 0) is 39.5 Å². The Morgan fingerprint density at radius 1 is 1.24 bits per heavy atom. The van der Waals surface area contributed by atoms with E-state index in [4.69, 9.17) is 4.74 Å². The Bertz CT molecular complexity index is 347. The molecule has 124 valence electrons. The van der Waals surface area contributed by atoms with Crippen LogP contribution >= 0.6 is 0 Å². The van der Waals surface area contributed by atoms with Gasteiger partial charge in [0.05, 0.1) is 5.41 Å². The summed E-state index contributed by atoms with van der Waals surface area (Å²) in [6, 6.07) is 0. The summed E-state index contributed by atoms with van der Waals surface area (Å²) < 4.78 is 5.16. The van der Waals surface area contributed by atoms with Gasteiger partial charge in [-0.3, -0.25) is 4.79 Å². The first-order valence-electron chi connectivity index (χ1n) is 7.72. The highest BCUT2D eigenvalue weighted by Crippen LogP contribution is 2.29. The molecule has 0 aromatic heterocycles. The molecule has 0 radical (unpaired) electrons. The summed E-state index contributed by atoms with van der Waals surface area (Å²) in [6.45, 7) is 11.5. The molecule has 0 bridgehead atoms. The highest BCUT2D eigenvalue weighted by Gasteiger charge is 2.37. The first kappa shape index (κ1) is 19.7. The minimum atomic E-state index is -0.911. The molecular formula is C16H31NO4. The zero-order valence-electron chi connectivity index (χ0n) is 14.3. The topological polar surface area (TPSA) is 75.6 Å². The lowest BCUT2D eigenvalue weighted by Crippen LogP contribution is -2.44. The van der Waals surface area contributed by atoms with Gasteiger partial charge in [-0.15, -0.1) is 0 Å². The Balaban J connectivity index is 4.62. The lowest BCUT2D eigenvalue weighted by atomic mass is 9.79. The van der Waals surface area contributed by atoms with Gasteiger partial charge >= 0.3 is 12.1 Å². The van der Waals surface area contributed by atoms with Crippen molar-refractivity contribution in [2.75, 3.05) is 6.54 Å². The van der Waals surface area contributed by atoms with Crippen molar-refractivity contribution in [2.45, 2.75) is 72.8 Å². The van der Waals surface area contributed by atoms with E-state index in [9.17, 15) is 14.7 Å². The van der Waals surface area contributed by atoms with Crippen LogP contribution in [0.1, 0.15) is 67.2 Å². The number of alkyl carbamates (subject to hydrolysis) is 1. The van der Waals surface area contributed by atoms with Crippen LogP contribution in [-0.4, -0.2) is 29.3 Å². The van der Waals surface area contributed by atoms with Crippen molar-refractivity contribution in [3.8, 4) is 0 Å². The smallest absolute Gasteiger partial charge is 0.407 e. The van der Waals surface area contributed by atoms with E-state index in [1.54, 1.807) is 20.8 Å². The Labute approximate surface area is 128 Å². The number of carboxylic acids is 1. The molecule has 0 aromatic rings. The number of ether oxygens (including phenoxy) is 1. The van der Waals surface area contributed by atoms with Crippen LogP contribution in [0.15, 0.2) is 0 Å². The van der Waals surface area contributed by atoms with Gasteiger partial charge in [0, 0.05) is 6.54 Å². The number of carbonyl (C=O) groups is 2. The summed E-state index contributed by atoms with van der Waals surface area (Å²) in [4.78, 5) is 23.3. The molecule has 0 heterocycles. The summed E-state index contributed by atoms with van der Waals surface area (Å²) in [5, 5.41) is 12.2. The SMILES string of the molecule is CCC(CCCC(C)C)(CNC(=O)OC(C)(C)C)C(=O)O. The molecule has 2 N–H and O–H groups in total. The van der Waals surface area contributed by atoms with Crippen LogP contribution in [0, 0.1) is 11.3 Å². The maximum absolute atomic E-state index is 11.7. The molecule has 0 rings (SSSR count). The third-order valence-corrected chi connectivity index (χ3v) is 3.54. The Kier molecular flexibility index (Phi) is 7.75. The summed E-state index contributed by atoms with van der Waals surface area (Å²) in [7, 11) is 0. The van der Waals surface area contributed by atoms with Crippen molar-refractivity contribution < 1.29 is 19.4 Å². The third kappa shape index (κ3) is 7.93. The van der Waals surface area contributed by atoms with Gasteiger partial charge in [0.15, 0.2) is 0 Å². The molecule has 21 heavy (non-hydrogen) atoms. The molecule has 0 saturated heterocycles. The van der Waals surface area contributed by atoms with Gasteiger partial charge in [-0.2, -0.15) is 0 Å². The Morgan fingerprint density at radius 2 is 1.81 bits per heavy atom. The molecule has 0 saturated carbocycles. The quantitative estimate of drug-likeness (QED) is 0.714. The van der Waals surface area contributed by atoms with Crippen LogP contribution < -0.4 is 5.32 Å². The maximum atomic E-state index is 11.7. The van der Waals surface area contributed by atoms with E-state index in [2.05, 4.69) is 19.2 Å². The van der Waals surface area contributed by atoms with Gasteiger partial charge in [0.2, 0.25) is 0 Å². The van der Waals surface area contributed by atoms with Gasteiger partial charge < -0.3 is 15.2 Å². The van der Waals surface area contributed by atoms with Crippen molar-refractivity contribution in [2.24, 2.45) is 11.3 Å². The van der Waals surface area contributed by atoms with Crippen molar-refractivity contribution >= 4 is 12.1 Å². The standard InChI is InChI=1S/C16H31NO4/c1-7-16(13(18)19,10-8-9-12(2)3)11-17-14(20)21-15(4,5)6/h12H,7-11H2,1-6H3,(H,17,20)(H,18,19). The lowest BCUT2D eigenvalue weighted by molar-refractivity contribution is -0.149. The number of amides is 1. The minimum Gasteiger partial charge on any atom is -0.481 e. The maximum Gasteiger partial charge on any atom is 0.407 e. The minimum absolute atomic E-state index is 0.103. The molecule has 0 aromatic carbocycles. The average Bonchev–Trinajstić information content (AvgIpc) is 2.30. The van der Waals surface area contributed by atoms with Crippen molar-refractivity contribution in [3.05, 3.63) is 0 Å². The van der Waals surface area contributed by atoms with E-state index >= 15 is 0 Å². The molecule has 5 heteroatoms. The van der Waals surface area contributed by atoms with Gasteiger partial charge in [-0.1, -0.05) is 33.6 Å². The molecule has 1 atom stereocenters. The second-order valence-corrected chi connectivity index (χ2v) is 7.08. The van der Waals surface area contributed by atoms with Crippen molar-refractivity contribution in [3.63, 3.8) is 0 Å². The molecule has 0 aliphatic heterocycles. The molecule has 0 spiro atoms. The van der Waals surface area contributed by atoms with E-state index in [1.165, 1.54) is 0 Å². The number of aliphatic carboxylic acids is 1. The molecule has 1 amide bonds. The fraction of sp³-hybridized carbons (Fsp3) is 0.875. The van der Waals surface area contributed by atoms with Gasteiger partial charge in [-0.25, -0.2) is 4.79 Å². The molecule has 0 aliphatic rings. The normalized spacial score (nSPS) is 14.6. The molecule has 0 aliphatic carbocycles. The number of carboxylic acid groups (broad SMARTS) is 1. The highest BCUT2D eigenvalue weighted by atomic mass is 16.6. The summed E-state index contributed by atoms with van der Waals surface area (Å²) >= 11 is 0. The van der Waals surface area contributed by atoms with E-state index in [1.807, 2.05) is 6.92 Å². The van der Waals surface area contributed by atoms with E-state index in [0.29, 0.717) is 18.8 Å². The summed E-state index contributed by atoms with van der Waals surface area (Å²) in [6.07, 6.45) is 2.31. The third-order valence-electron chi connectivity index (χ3n) is 3.54. The molecule has 5 nitrogen and oxygen atoms in total. The van der Waals surface area contributed by atoms with Crippen LogP contribution in [0.4, 0.5) is 4.79 Å². The number of nitrogens with one attached hydrogen (secondary N) is 1. The largest absolute Gasteiger partial charge is 0.481 e. The zero-order chi connectivity index (χ0) is 16.7. The van der Waals surface area contributed by atoms with Crippen molar-refractivity contribution in [1.29, 1.82) is 0 Å². The predicted molar refractivity (Wildman–Crippen MR) is 83.3 cm³/mol. The Hall–Kier alpha value is -1.26. The zero-order valence-corrected chi connectivity index (χ0v) is 14.3.